The zero-order valence-corrected chi connectivity index (χ0v) is 17.1. The van der Waals surface area contributed by atoms with E-state index < -0.39 is 5.97 Å². The van der Waals surface area contributed by atoms with Crippen LogP contribution in [0.15, 0.2) is 71.6 Å². The van der Waals surface area contributed by atoms with E-state index in [-0.39, 0.29) is 5.70 Å². The first-order valence-electron chi connectivity index (χ1n) is 9.45. The van der Waals surface area contributed by atoms with E-state index in [4.69, 9.17) is 10.7 Å². The molecule has 0 aliphatic carbocycles. The Balaban J connectivity index is 1.80. The van der Waals surface area contributed by atoms with Crippen molar-refractivity contribution in [2.75, 3.05) is 12.8 Å². The summed E-state index contributed by atoms with van der Waals surface area (Å²) in [6, 6.07) is 11.7. The molecule has 0 bridgehead atoms. The van der Waals surface area contributed by atoms with Crippen LogP contribution in [-0.2, 0) is 9.53 Å². The van der Waals surface area contributed by atoms with E-state index in [2.05, 4.69) is 26.5 Å². The maximum atomic E-state index is 11.7. The average molecular weight is 412 g/mol. The third-order valence-electron chi connectivity index (χ3n) is 4.86. The number of carbonyl (C=O) groups is 1. The van der Waals surface area contributed by atoms with Gasteiger partial charge < -0.3 is 10.5 Å². The topological polar surface area (TPSA) is 108 Å². The minimum atomic E-state index is -0.566. The van der Waals surface area contributed by atoms with Gasteiger partial charge in [0.25, 0.3) is 0 Å². The van der Waals surface area contributed by atoms with Crippen LogP contribution < -0.4 is 5.73 Å². The lowest BCUT2D eigenvalue weighted by Crippen LogP contribution is -2.03. The summed E-state index contributed by atoms with van der Waals surface area (Å²) in [5.74, 6) is -0.129. The molecule has 2 N–H and O–H groups in total. The predicted octanol–water partition coefficient (Wildman–Crippen LogP) is 3.69. The Morgan fingerprint density at radius 2 is 2.03 bits per heavy atom. The summed E-state index contributed by atoms with van der Waals surface area (Å²) >= 11 is 0. The van der Waals surface area contributed by atoms with Gasteiger partial charge in [0.05, 0.1) is 24.5 Å². The van der Waals surface area contributed by atoms with Crippen LogP contribution in [0.1, 0.15) is 12.6 Å². The molecule has 3 heterocycles. The molecule has 0 aliphatic rings. The number of aromatic nitrogens is 4. The molecule has 0 saturated heterocycles. The summed E-state index contributed by atoms with van der Waals surface area (Å²) in [5, 5.41) is 5.41. The smallest absolute Gasteiger partial charge is 0.356 e. The fourth-order valence-corrected chi connectivity index (χ4v) is 3.19. The van der Waals surface area contributed by atoms with Gasteiger partial charge in [-0.25, -0.2) is 9.78 Å². The van der Waals surface area contributed by atoms with Crippen LogP contribution in [0.25, 0.3) is 33.3 Å². The van der Waals surface area contributed by atoms with Crippen molar-refractivity contribution in [1.29, 1.82) is 0 Å². The number of aliphatic imine (C=N–C) groups is 1. The number of nitrogens with zero attached hydrogens (tertiary/aromatic N) is 5. The third-order valence-corrected chi connectivity index (χ3v) is 4.86. The van der Waals surface area contributed by atoms with Crippen LogP contribution >= 0.6 is 0 Å². The number of rotatable bonds is 5. The number of ether oxygens (including phenoxy) is 1. The first-order valence-corrected chi connectivity index (χ1v) is 9.45. The standard InChI is InChI=1S/C23H20N6O2/c1-14(8-9-19(25-2)23(30)31-3)20-11-21(24)29-22(28-20)17(13-27-29)16-10-15-6-4-5-7-18(15)26-12-16/h4-13H,2,24H2,1,3H3/b14-8+,19-9-. The van der Waals surface area contributed by atoms with Gasteiger partial charge in [-0.2, -0.15) is 9.61 Å². The van der Waals surface area contributed by atoms with Crippen LogP contribution in [0, 0.1) is 0 Å². The van der Waals surface area contributed by atoms with Crippen molar-refractivity contribution in [2.24, 2.45) is 4.99 Å². The first kappa shape index (κ1) is 20.0. The number of carbonyl (C=O) groups excluding carboxylic acids is 1. The summed E-state index contributed by atoms with van der Waals surface area (Å²) in [6.07, 6.45) is 6.77. The van der Waals surface area contributed by atoms with E-state index in [1.807, 2.05) is 37.3 Å². The number of esters is 1. The average Bonchev–Trinajstić information content (AvgIpc) is 3.23. The number of methoxy groups -OCH3 is 1. The van der Waals surface area contributed by atoms with Crippen molar-refractivity contribution in [3.8, 4) is 11.1 Å². The fraction of sp³-hybridized carbons (Fsp3) is 0.0870. The Morgan fingerprint density at radius 3 is 2.81 bits per heavy atom. The molecule has 1 aromatic carbocycles. The second kappa shape index (κ2) is 8.19. The lowest BCUT2D eigenvalue weighted by molar-refractivity contribution is -0.136. The van der Waals surface area contributed by atoms with Gasteiger partial charge in [-0.3, -0.25) is 9.98 Å². The number of para-hydroxylation sites is 1. The maximum absolute atomic E-state index is 11.7. The lowest BCUT2D eigenvalue weighted by Gasteiger charge is -2.07. The summed E-state index contributed by atoms with van der Waals surface area (Å²) in [4.78, 5) is 24.6. The van der Waals surface area contributed by atoms with Crippen LogP contribution in [0.3, 0.4) is 0 Å². The number of fused-ring (bicyclic) bond motifs is 2. The van der Waals surface area contributed by atoms with E-state index in [0.29, 0.717) is 17.2 Å². The molecule has 4 rings (SSSR count). The Hall–Kier alpha value is -4.33. The normalized spacial score (nSPS) is 12.3. The quantitative estimate of drug-likeness (QED) is 0.232. The highest BCUT2D eigenvalue weighted by molar-refractivity contribution is 5.90. The third kappa shape index (κ3) is 3.78. The van der Waals surface area contributed by atoms with E-state index in [1.54, 1.807) is 29.1 Å². The Bertz CT molecular complexity index is 1380. The number of anilines is 1. The highest BCUT2D eigenvalue weighted by Gasteiger charge is 2.13. The van der Waals surface area contributed by atoms with Gasteiger partial charge in [-0.05, 0) is 37.4 Å². The number of nitrogens with two attached hydrogens (primary N) is 1. The maximum Gasteiger partial charge on any atom is 0.356 e. The molecule has 0 atom stereocenters. The van der Waals surface area contributed by atoms with Gasteiger partial charge in [0.1, 0.15) is 11.5 Å². The van der Waals surface area contributed by atoms with E-state index in [0.717, 1.165) is 27.6 Å². The van der Waals surface area contributed by atoms with Crippen molar-refractivity contribution in [3.05, 3.63) is 72.3 Å². The largest absolute Gasteiger partial charge is 0.464 e. The molecule has 154 valence electrons. The number of benzene rings is 1. The van der Waals surface area contributed by atoms with Crippen molar-refractivity contribution in [2.45, 2.75) is 6.92 Å². The molecule has 3 aromatic heterocycles. The van der Waals surface area contributed by atoms with Gasteiger partial charge in [-0.15, -0.1) is 0 Å². The predicted molar refractivity (Wildman–Crippen MR) is 121 cm³/mol. The van der Waals surface area contributed by atoms with Crippen LogP contribution in [0.4, 0.5) is 5.82 Å². The van der Waals surface area contributed by atoms with Gasteiger partial charge in [-0.1, -0.05) is 24.3 Å². The molecule has 31 heavy (non-hydrogen) atoms. The molecule has 0 saturated carbocycles. The zero-order chi connectivity index (χ0) is 22.0. The van der Waals surface area contributed by atoms with Crippen LogP contribution in [-0.4, -0.2) is 39.4 Å². The SMILES string of the molecule is C=N/C(=C\C=C(/C)c1cc(N)n2ncc(-c3cnc4ccccc4c3)c2n1)C(=O)OC. The molecular formula is C23H20N6O2. The van der Waals surface area contributed by atoms with Crippen LogP contribution in [0.2, 0.25) is 0 Å². The van der Waals surface area contributed by atoms with Crippen molar-refractivity contribution in [3.63, 3.8) is 0 Å². The van der Waals surface area contributed by atoms with Crippen molar-refractivity contribution < 1.29 is 9.53 Å². The lowest BCUT2D eigenvalue weighted by atomic mass is 10.1. The number of nitrogen functional groups attached to an aromatic ring is 1. The Kier molecular flexibility index (Phi) is 5.28. The molecule has 0 unspecified atom stereocenters. The minimum absolute atomic E-state index is 0.100. The zero-order valence-electron chi connectivity index (χ0n) is 17.1. The summed E-state index contributed by atoms with van der Waals surface area (Å²) in [5.41, 5.74) is 11.0. The second-order valence-corrected chi connectivity index (χ2v) is 6.83. The number of hydrogen-bond acceptors (Lipinski definition) is 7. The number of allylic oxidation sites excluding steroid dienone is 3. The van der Waals surface area contributed by atoms with Gasteiger partial charge >= 0.3 is 5.97 Å². The molecule has 0 fully saturated rings. The van der Waals surface area contributed by atoms with Crippen molar-refractivity contribution >= 4 is 40.6 Å². The van der Waals surface area contributed by atoms with Gasteiger partial charge in [0.15, 0.2) is 5.65 Å². The van der Waals surface area contributed by atoms with Gasteiger partial charge in [0, 0.05) is 28.8 Å². The van der Waals surface area contributed by atoms with E-state index >= 15 is 0 Å². The van der Waals surface area contributed by atoms with Crippen molar-refractivity contribution in [1.82, 2.24) is 19.6 Å². The second-order valence-electron chi connectivity index (χ2n) is 6.83. The molecular weight excluding hydrogens is 392 g/mol. The van der Waals surface area contributed by atoms with Gasteiger partial charge in [0.2, 0.25) is 0 Å². The molecule has 0 radical (unpaired) electrons. The molecule has 0 amide bonds. The Morgan fingerprint density at radius 1 is 1.23 bits per heavy atom. The number of hydrogen-bond donors (Lipinski definition) is 1. The Labute approximate surface area is 178 Å². The monoisotopic (exact) mass is 412 g/mol. The summed E-state index contributed by atoms with van der Waals surface area (Å²) in [7, 11) is 1.29. The fourth-order valence-electron chi connectivity index (χ4n) is 3.19. The highest BCUT2D eigenvalue weighted by Crippen LogP contribution is 2.28. The molecule has 8 heteroatoms. The van der Waals surface area contributed by atoms with Crippen LogP contribution in [0.5, 0.6) is 0 Å². The first-order chi connectivity index (χ1) is 15.0. The molecule has 4 aromatic rings. The summed E-state index contributed by atoms with van der Waals surface area (Å²) in [6.45, 7) is 5.26. The summed E-state index contributed by atoms with van der Waals surface area (Å²) < 4.78 is 6.27. The minimum Gasteiger partial charge on any atom is -0.464 e. The molecule has 0 spiro atoms. The highest BCUT2D eigenvalue weighted by atomic mass is 16.5. The number of pyridine rings is 1. The molecule has 8 nitrogen and oxygen atoms in total. The van der Waals surface area contributed by atoms with E-state index in [9.17, 15) is 4.79 Å². The van der Waals surface area contributed by atoms with E-state index in [1.165, 1.54) is 13.2 Å². The molecule has 0 aliphatic heterocycles.